The lowest BCUT2D eigenvalue weighted by molar-refractivity contribution is -0.143. The van der Waals surface area contributed by atoms with Gasteiger partial charge in [0, 0.05) is 6.61 Å². The topological polar surface area (TPSA) is 46.5 Å². The number of aryl methyl sites for hydroxylation is 3. The van der Waals surface area contributed by atoms with Gasteiger partial charge >= 0.3 is 5.97 Å². The predicted molar refractivity (Wildman–Crippen MR) is 65.1 cm³/mol. The summed E-state index contributed by atoms with van der Waals surface area (Å²) in [4.78, 5) is 11.2. The maximum atomic E-state index is 11.2. The van der Waals surface area contributed by atoms with E-state index in [0.717, 1.165) is 16.7 Å². The highest BCUT2D eigenvalue weighted by Gasteiger charge is 2.36. The number of hydrogen-bond donors (Lipinski definition) is 1. The average Bonchev–Trinajstić information content (AvgIpc) is 2.64. The highest BCUT2D eigenvalue weighted by molar-refractivity contribution is 5.71. The third-order valence-electron chi connectivity index (χ3n) is 3.43. The molecule has 3 heteroatoms. The summed E-state index contributed by atoms with van der Waals surface area (Å²) in [6.45, 7) is 6.63. The molecule has 17 heavy (non-hydrogen) atoms. The minimum Gasteiger partial charge on any atom is -0.481 e. The Labute approximate surface area is 101 Å². The molecule has 1 N–H and O–H groups in total. The van der Waals surface area contributed by atoms with Crippen LogP contribution in [0.4, 0.5) is 0 Å². The van der Waals surface area contributed by atoms with E-state index in [2.05, 4.69) is 12.1 Å². The minimum absolute atomic E-state index is 0.284. The Bertz CT molecular complexity index is 428. The number of aliphatic carboxylic acids is 1. The van der Waals surface area contributed by atoms with E-state index < -0.39 is 11.9 Å². The van der Waals surface area contributed by atoms with Crippen LogP contribution >= 0.6 is 0 Å². The molecule has 2 unspecified atom stereocenters. The van der Waals surface area contributed by atoms with Crippen molar-refractivity contribution in [1.82, 2.24) is 0 Å². The molecular weight excluding hydrogens is 216 g/mol. The Morgan fingerprint density at radius 2 is 1.88 bits per heavy atom. The second-order valence-electron chi connectivity index (χ2n) is 4.84. The van der Waals surface area contributed by atoms with Crippen molar-refractivity contribution in [2.45, 2.75) is 33.3 Å². The molecule has 0 saturated carbocycles. The summed E-state index contributed by atoms with van der Waals surface area (Å²) in [5, 5.41) is 9.20. The second kappa shape index (κ2) is 4.49. The van der Waals surface area contributed by atoms with E-state index in [-0.39, 0.29) is 6.10 Å². The Balaban J connectivity index is 2.43. The van der Waals surface area contributed by atoms with Crippen LogP contribution in [0.1, 0.15) is 34.8 Å². The Morgan fingerprint density at radius 1 is 1.29 bits per heavy atom. The van der Waals surface area contributed by atoms with Crippen LogP contribution in [0.5, 0.6) is 0 Å². The Morgan fingerprint density at radius 3 is 2.41 bits per heavy atom. The van der Waals surface area contributed by atoms with Crippen molar-refractivity contribution in [2.75, 3.05) is 6.61 Å². The summed E-state index contributed by atoms with van der Waals surface area (Å²) >= 11 is 0. The fraction of sp³-hybridized carbons (Fsp3) is 0.500. The van der Waals surface area contributed by atoms with Gasteiger partial charge in [0.2, 0.25) is 0 Å². The zero-order valence-electron chi connectivity index (χ0n) is 10.5. The smallest absolute Gasteiger partial charge is 0.309 e. The molecule has 2 atom stereocenters. The SMILES string of the molecule is Cc1cc(C)c(C2OCCC2C(=O)O)c(C)c1. The quantitative estimate of drug-likeness (QED) is 0.855. The van der Waals surface area contributed by atoms with Gasteiger partial charge in [0.15, 0.2) is 0 Å². The van der Waals surface area contributed by atoms with E-state index in [4.69, 9.17) is 4.74 Å². The molecule has 0 bridgehead atoms. The van der Waals surface area contributed by atoms with E-state index in [9.17, 15) is 9.90 Å². The van der Waals surface area contributed by atoms with Gasteiger partial charge in [-0.3, -0.25) is 4.79 Å². The first-order valence-electron chi connectivity index (χ1n) is 5.93. The number of hydrogen-bond acceptors (Lipinski definition) is 2. The standard InChI is InChI=1S/C14H18O3/c1-8-6-9(2)12(10(3)7-8)13-11(14(15)16)4-5-17-13/h6-7,11,13H,4-5H2,1-3H3,(H,15,16). The number of carboxylic acid groups (broad SMARTS) is 1. The van der Waals surface area contributed by atoms with Gasteiger partial charge in [0.25, 0.3) is 0 Å². The zero-order valence-corrected chi connectivity index (χ0v) is 10.5. The molecule has 1 fully saturated rings. The first kappa shape index (κ1) is 12.1. The maximum absolute atomic E-state index is 11.2. The van der Waals surface area contributed by atoms with Crippen LogP contribution in [0, 0.1) is 26.7 Å². The van der Waals surface area contributed by atoms with Crippen molar-refractivity contribution in [3.05, 3.63) is 34.4 Å². The lowest BCUT2D eigenvalue weighted by Crippen LogP contribution is -2.19. The lowest BCUT2D eigenvalue weighted by atomic mass is 9.88. The summed E-state index contributed by atoms with van der Waals surface area (Å²) in [7, 11) is 0. The summed E-state index contributed by atoms with van der Waals surface area (Å²) in [5.41, 5.74) is 4.51. The van der Waals surface area contributed by atoms with E-state index in [1.165, 1.54) is 5.56 Å². The largest absolute Gasteiger partial charge is 0.481 e. The van der Waals surface area contributed by atoms with Crippen LogP contribution in [0.3, 0.4) is 0 Å². The fourth-order valence-corrected chi connectivity index (χ4v) is 2.77. The van der Waals surface area contributed by atoms with Crippen molar-refractivity contribution in [3.8, 4) is 0 Å². The first-order valence-corrected chi connectivity index (χ1v) is 5.93. The second-order valence-corrected chi connectivity index (χ2v) is 4.84. The van der Waals surface area contributed by atoms with Gasteiger partial charge in [-0.05, 0) is 43.9 Å². The van der Waals surface area contributed by atoms with Crippen LogP contribution in [-0.2, 0) is 9.53 Å². The van der Waals surface area contributed by atoms with Crippen LogP contribution in [0.15, 0.2) is 12.1 Å². The molecule has 0 aromatic heterocycles. The van der Waals surface area contributed by atoms with Gasteiger partial charge in [-0.2, -0.15) is 0 Å². The van der Waals surface area contributed by atoms with E-state index in [0.29, 0.717) is 13.0 Å². The zero-order chi connectivity index (χ0) is 12.6. The van der Waals surface area contributed by atoms with Crippen LogP contribution in [0.2, 0.25) is 0 Å². The molecule has 1 saturated heterocycles. The van der Waals surface area contributed by atoms with Gasteiger partial charge in [-0.15, -0.1) is 0 Å². The normalized spacial score (nSPS) is 23.9. The summed E-state index contributed by atoms with van der Waals surface area (Å²) in [6, 6.07) is 4.17. The van der Waals surface area contributed by atoms with Crippen molar-refractivity contribution >= 4 is 5.97 Å². The molecule has 92 valence electrons. The van der Waals surface area contributed by atoms with Crippen LogP contribution < -0.4 is 0 Å². The summed E-state index contributed by atoms with van der Waals surface area (Å²) in [5.74, 6) is -1.16. The minimum atomic E-state index is -0.758. The highest BCUT2D eigenvalue weighted by atomic mass is 16.5. The molecule has 0 radical (unpaired) electrons. The van der Waals surface area contributed by atoms with Crippen molar-refractivity contribution in [2.24, 2.45) is 5.92 Å². The van der Waals surface area contributed by atoms with Gasteiger partial charge in [-0.25, -0.2) is 0 Å². The molecule has 1 heterocycles. The van der Waals surface area contributed by atoms with Crippen molar-refractivity contribution in [3.63, 3.8) is 0 Å². The molecule has 0 amide bonds. The fourth-order valence-electron chi connectivity index (χ4n) is 2.77. The molecule has 3 nitrogen and oxygen atoms in total. The van der Waals surface area contributed by atoms with Crippen molar-refractivity contribution in [1.29, 1.82) is 0 Å². The number of benzene rings is 1. The average molecular weight is 234 g/mol. The van der Waals surface area contributed by atoms with Gasteiger partial charge in [0.1, 0.15) is 0 Å². The van der Waals surface area contributed by atoms with Crippen molar-refractivity contribution < 1.29 is 14.6 Å². The van der Waals surface area contributed by atoms with E-state index in [1.807, 2.05) is 20.8 Å². The Hall–Kier alpha value is -1.35. The van der Waals surface area contributed by atoms with E-state index >= 15 is 0 Å². The molecule has 2 rings (SSSR count). The number of carbonyl (C=O) groups is 1. The van der Waals surface area contributed by atoms with Crippen LogP contribution in [0.25, 0.3) is 0 Å². The van der Waals surface area contributed by atoms with Gasteiger partial charge < -0.3 is 9.84 Å². The van der Waals surface area contributed by atoms with E-state index in [1.54, 1.807) is 0 Å². The van der Waals surface area contributed by atoms with Crippen LogP contribution in [-0.4, -0.2) is 17.7 Å². The first-order chi connectivity index (χ1) is 8.00. The van der Waals surface area contributed by atoms with Gasteiger partial charge in [-0.1, -0.05) is 17.7 Å². The molecule has 0 spiro atoms. The molecular formula is C14H18O3. The lowest BCUT2D eigenvalue weighted by Gasteiger charge is -2.20. The molecule has 1 aliphatic heterocycles. The summed E-state index contributed by atoms with van der Waals surface area (Å²) in [6.07, 6.45) is 0.320. The number of ether oxygens (including phenoxy) is 1. The number of rotatable bonds is 2. The summed E-state index contributed by atoms with van der Waals surface area (Å²) < 4.78 is 5.63. The molecule has 0 aliphatic carbocycles. The molecule has 1 aromatic carbocycles. The molecule has 1 aromatic rings. The van der Waals surface area contributed by atoms with Gasteiger partial charge in [0.05, 0.1) is 12.0 Å². The highest BCUT2D eigenvalue weighted by Crippen LogP contribution is 2.38. The maximum Gasteiger partial charge on any atom is 0.309 e. The Kier molecular flexibility index (Phi) is 3.20. The number of carboxylic acids is 1. The third kappa shape index (κ3) is 2.20. The third-order valence-corrected chi connectivity index (χ3v) is 3.43. The monoisotopic (exact) mass is 234 g/mol. The molecule has 1 aliphatic rings. The predicted octanol–water partition coefficient (Wildman–Crippen LogP) is 2.77.